The molecule has 0 bridgehead atoms. The molecule has 0 atom stereocenters. The fourth-order valence-electron chi connectivity index (χ4n) is 1.00. The maximum absolute atomic E-state index is 11.8. The summed E-state index contributed by atoms with van der Waals surface area (Å²) in [5.41, 5.74) is -0.639. The lowest BCUT2D eigenvalue weighted by Crippen LogP contribution is -2.33. The van der Waals surface area contributed by atoms with E-state index in [4.69, 9.17) is 9.94 Å². The Bertz CT molecular complexity index is 528. The first kappa shape index (κ1) is 14.6. The van der Waals surface area contributed by atoms with Crippen LogP contribution in [0.1, 0.15) is 31.1 Å². The molecule has 0 spiro atoms. The van der Waals surface area contributed by atoms with Gasteiger partial charge in [-0.25, -0.2) is 13.2 Å². The van der Waals surface area contributed by atoms with Gasteiger partial charge in [0.05, 0.1) is 16.1 Å². The first-order chi connectivity index (χ1) is 8.12. The highest BCUT2D eigenvalue weighted by Gasteiger charge is 2.19. The summed E-state index contributed by atoms with van der Waals surface area (Å²) in [5, 5.41) is 8.70. The summed E-state index contributed by atoms with van der Waals surface area (Å²) in [4.78, 5) is 17.5. The summed E-state index contributed by atoms with van der Waals surface area (Å²) < 4.78 is 23.6. The minimum absolute atomic E-state index is 0.0192. The Morgan fingerprint density at radius 2 is 1.72 bits per heavy atom. The Morgan fingerprint density at radius 1 is 1.22 bits per heavy atom. The average molecular weight is 273 g/mol. The van der Waals surface area contributed by atoms with Crippen LogP contribution in [0.15, 0.2) is 29.2 Å². The zero-order valence-corrected chi connectivity index (χ0v) is 11.1. The second kappa shape index (κ2) is 5.05. The van der Waals surface area contributed by atoms with Crippen LogP contribution in [0.25, 0.3) is 0 Å². The molecule has 0 fully saturated rings. The SMILES string of the molecule is CC(C)(C)ONS(=O)(=O)c1ccc(C(=O)O)cc1. The summed E-state index contributed by atoms with van der Waals surface area (Å²) in [6.45, 7) is 5.09. The summed E-state index contributed by atoms with van der Waals surface area (Å²) in [7, 11) is -3.80. The molecule has 18 heavy (non-hydrogen) atoms. The number of carboxylic acid groups (broad SMARTS) is 1. The van der Waals surface area contributed by atoms with Gasteiger partial charge < -0.3 is 5.11 Å². The molecular formula is C11H15NO5S. The molecule has 1 aromatic rings. The quantitative estimate of drug-likeness (QED) is 0.809. The Labute approximate surface area is 106 Å². The van der Waals surface area contributed by atoms with Crippen molar-refractivity contribution >= 4 is 16.0 Å². The molecule has 6 nitrogen and oxygen atoms in total. The number of nitrogens with one attached hydrogen (secondary N) is 1. The maximum Gasteiger partial charge on any atom is 0.335 e. The largest absolute Gasteiger partial charge is 0.478 e. The van der Waals surface area contributed by atoms with Crippen molar-refractivity contribution in [2.75, 3.05) is 0 Å². The molecule has 0 aromatic heterocycles. The highest BCUT2D eigenvalue weighted by Crippen LogP contribution is 2.12. The molecule has 2 N–H and O–H groups in total. The van der Waals surface area contributed by atoms with Crippen LogP contribution < -0.4 is 4.89 Å². The first-order valence-corrected chi connectivity index (χ1v) is 6.63. The van der Waals surface area contributed by atoms with Gasteiger partial charge in [-0.3, -0.25) is 4.84 Å². The molecule has 7 heteroatoms. The van der Waals surface area contributed by atoms with E-state index in [0.717, 1.165) is 0 Å². The lowest BCUT2D eigenvalue weighted by molar-refractivity contribution is -0.0357. The van der Waals surface area contributed by atoms with Gasteiger partial charge in [-0.15, -0.1) is 0 Å². The fourth-order valence-corrected chi connectivity index (χ4v) is 1.95. The standard InChI is InChI=1S/C11H15NO5S/c1-11(2,3)17-12-18(15,16)9-6-4-8(5-7-9)10(13)14/h4-7,12H,1-3H3,(H,13,14). The number of carbonyl (C=O) groups is 1. The highest BCUT2D eigenvalue weighted by molar-refractivity contribution is 7.89. The molecule has 0 saturated heterocycles. The van der Waals surface area contributed by atoms with Gasteiger partial charge in [0.1, 0.15) is 0 Å². The normalized spacial score (nSPS) is 12.4. The molecule has 0 aliphatic carbocycles. The summed E-state index contributed by atoms with van der Waals surface area (Å²) in [6.07, 6.45) is 0. The molecule has 0 heterocycles. The monoisotopic (exact) mass is 273 g/mol. The van der Waals surface area contributed by atoms with Crippen molar-refractivity contribution in [3.8, 4) is 0 Å². The zero-order chi connectivity index (χ0) is 14.0. The summed E-state index contributed by atoms with van der Waals surface area (Å²) >= 11 is 0. The van der Waals surface area contributed by atoms with Crippen LogP contribution in [0.3, 0.4) is 0 Å². The van der Waals surface area contributed by atoms with Gasteiger partial charge in [-0.2, -0.15) is 0 Å². The lowest BCUT2D eigenvalue weighted by Gasteiger charge is -2.19. The van der Waals surface area contributed by atoms with Crippen LogP contribution in [0, 0.1) is 0 Å². The van der Waals surface area contributed by atoms with Crippen LogP contribution in [-0.4, -0.2) is 25.1 Å². The smallest absolute Gasteiger partial charge is 0.335 e. The van der Waals surface area contributed by atoms with E-state index in [-0.39, 0.29) is 10.5 Å². The van der Waals surface area contributed by atoms with Gasteiger partial charge in [0.2, 0.25) is 0 Å². The zero-order valence-electron chi connectivity index (χ0n) is 10.3. The van der Waals surface area contributed by atoms with E-state index in [1.807, 2.05) is 4.89 Å². The number of hydrogen-bond acceptors (Lipinski definition) is 4. The van der Waals surface area contributed by atoms with Crippen LogP contribution in [0.5, 0.6) is 0 Å². The van der Waals surface area contributed by atoms with Crippen molar-refractivity contribution in [1.82, 2.24) is 4.89 Å². The molecule has 0 radical (unpaired) electrons. The Morgan fingerprint density at radius 3 is 2.11 bits per heavy atom. The Balaban J connectivity index is 2.89. The Hall–Kier alpha value is -1.44. The minimum atomic E-state index is -3.80. The number of benzene rings is 1. The van der Waals surface area contributed by atoms with Crippen molar-refractivity contribution in [2.24, 2.45) is 0 Å². The maximum atomic E-state index is 11.8. The topological polar surface area (TPSA) is 92.7 Å². The van der Waals surface area contributed by atoms with E-state index < -0.39 is 21.6 Å². The molecule has 0 amide bonds. The summed E-state index contributed by atoms with van der Waals surface area (Å²) in [6, 6.07) is 4.84. The van der Waals surface area contributed by atoms with Crippen molar-refractivity contribution in [1.29, 1.82) is 0 Å². The molecule has 100 valence electrons. The van der Waals surface area contributed by atoms with Crippen molar-refractivity contribution < 1.29 is 23.2 Å². The molecule has 0 unspecified atom stereocenters. The average Bonchev–Trinajstić information content (AvgIpc) is 2.26. The molecule has 0 saturated carbocycles. The van der Waals surface area contributed by atoms with Gasteiger partial charge in [0.15, 0.2) is 0 Å². The van der Waals surface area contributed by atoms with Crippen LogP contribution >= 0.6 is 0 Å². The minimum Gasteiger partial charge on any atom is -0.478 e. The van der Waals surface area contributed by atoms with Gasteiger partial charge in [-0.1, -0.05) is 4.89 Å². The molecule has 0 aliphatic heterocycles. The summed E-state index contributed by atoms with van der Waals surface area (Å²) in [5.74, 6) is -1.11. The van der Waals surface area contributed by atoms with Crippen LogP contribution in [-0.2, 0) is 14.9 Å². The van der Waals surface area contributed by atoms with Gasteiger partial charge in [0.25, 0.3) is 10.0 Å². The Kier molecular flexibility index (Phi) is 4.10. The molecule has 1 rings (SSSR count). The third-order valence-electron chi connectivity index (χ3n) is 1.87. The third-order valence-corrected chi connectivity index (χ3v) is 3.06. The molecule has 1 aromatic carbocycles. The van der Waals surface area contributed by atoms with Gasteiger partial charge in [0, 0.05) is 0 Å². The number of carboxylic acids is 1. The van der Waals surface area contributed by atoms with Crippen molar-refractivity contribution in [3.63, 3.8) is 0 Å². The third kappa shape index (κ3) is 4.10. The van der Waals surface area contributed by atoms with E-state index in [9.17, 15) is 13.2 Å². The lowest BCUT2D eigenvalue weighted by atomic mass is 10.2. The number of hydrogen-bond donors (Lipinski definition) is 2. The predicted octanol–water partition coefficient (Wildman–Crippen LogP) is 1.39. The van der Waals surface area contributed by atoms with Crippen LogP contribution in [0.4, 0.5) is 0 Å². The van der Waals surface area contributed by atoms with E-state index in [1.54, 1.807) is 20.8 Å². The van der Waals surface area contributed by atoms with E-state index >= 15 is 0 Å². The van der Waals surface area contributed by atoms with Gasteiger partial charge in [-0.05, 0) is 45.0 Å². The number of aromatic carboxylic acids is 1. The molecular weight excluding hydrogens is 258 g/mol. The second-order valence-corrected chi connectivity index (χ2v) is 6.28. The van der Waals surface area contributed by atoms with E-state index in [0.29, 0.717) is 0 Å². The van der Waals surface area contributed by atoms with Crippen molar-refractivity contribution in [2.45, 2.75) is 31.3 Å². The van der Waals surface area contributed by atoms with Crippen molar-refractivity contribution in [3.05, 3.63) is 29.8 Å². The number of sulfonamides is 1. The van der Waals surface area contributed by atoms with E-state index in [1.165, 1.54) is 24.3 Å². The number of rotatable bonds is 4. The van der Waals surface area contributed by atoms with E-state index in [2.05, 4.69) is 0 Å². The molecule has 0 aliphatic rings. The van der Waals surface area contributed by atoms with Gasteiger partial charge >= 0.3 is 5.97 Å². The highest BCUT2D eigenvalue weighted by atomic mass is 32.2. The first-order valence-electron chi connectivity index (χ1n) is 5.15. The second-order valence-electron chi connectivity index (χ2n) is 4.63. The predicted molar refractivity (Wildman–Crippen MR) is 64.6 cm³/mol. The van der Waals surface area contributed by atoms with Crippen LogP contribution in [0.2, 0.25) is 0 Å². The fraction of sp³-hybridized carbons (Fsp3) is 0.364.